The molecule has 0 aliphatic carbocycles. The van der Waals surface area contributed by atoms with Crippen LogP contribution < -0.4 is 8.92 Å². The fraction of sp³-hybridized carbons (Fsp3) is 0.136. The maximum Gasteiger partial charge on any atom is 0.339 e. The first-order chi connectivity index (χ1) is 13.5. The van der Waals surface area contributed by atoms with Gasteiger partial charge in [-0.15, -0.1) is 0 Å². The van der Waals surface area contributed by atoms with Gasteiger partial charge in [0, 0.05) is 12.5 Å². The van der Waals surface area contributed by atoms with E-state index in [0.29, 0.717) is 24.3 Å². The molecule has 0 saturated carbocycles. The summed E-state index contributed by atoms with van der Waals surface area (Å²) >= 11 is 0. The molecule has 28 heavy (non-hydrogen) atoms. The molecule has 5 nitrogen and oxygen atoms in total. The Morgan fingerprint density at radius 2 is 1.61 bits per heavy atom. The zero-order chi connectivity index (χ0) is 20.0. The van der Waals surface area contributed by atoms with Crippen LogP contribution in [0, 0.1) is 18.3 Å². The molecule has 0 unspecified atom stereocenters. The van der Waals surface area contributed by atoms with Crippen LogP contribution in [-0.4, -0.2) is 15.0 Å². The van der Waals surface area contributed by atoms with Crippen molar-refractivity contribution >= 4 is 10.1 Å². The summed E-state index contributed by atoms with van der Waals surface area (Å²) < 4.78 is 35.8. The van der Waals surface area contributed by atoms with E-state index in [2.05, 4.69) is 6.07 Å². The van der Waals surface area contributed by atoms with Crippen LogP contribution >= 0.6 is 0 Å². The second kappa shape index (κ2) is 8.59. The number of hydrogen-bond acceptors (Lipinski definition) is 5. The van der Waals surface area contributed by atoms with Crippen molar-refractivity contribution in [3.8, 4) is 17.6 Å². The topological polar surface area (TPSA) is 76.4 Å². The van der Waals surface area contributed by atoms with Gasteiger partial charge in [0.1, 0.15) is 16.4 Å². The van der Waals surface area contributed by atoms with E-state index in [1.54, 1.807) is 42.5 Å². The van der Waals surface area contributed by atoms with Gasteiger partial charge in [0.15, 0.2) is 0 Å². The molecule has 0 saturated heterocycles. The third-order valence-corrected chi connectivity index (χ3v) is 5.27. The minimum atomic E-state index is -3.90. The van der Waals surface area contributed by atoms with Crippen LogP contribution in [0.5, 0.6) is 11.5 Å². The summed E-state index contributed by atoms with van der Waals surface area (Å²) in [7, 11) is -3.90. The van der Waals surface area contributed by atoms with Gasteiger partial charge in [-0.2, -0.15) is 13.7 Å². The zero-order valence-corrected chi connectivity index (χ0v) is 16.1. The largest absolute Gasteiger partial charge is 0.493 e. The summed E-state index contributed by atoms with van der Waals surface area (Å²) in [6, 6.07) is 22.4. The minimum Gasteiger partial charge on any atom is -0.493 e. The molecule has 142 valence electrons. The molecule has 0 radical (unpaired) electrons. The number of rotatable bonds is 7. The number of nitrogens with zero attached hydrogens (tertiary/aromatic N) is 1. The highest BCUT2D eigenvalue weighted by molar-refractivity contribution is 7.87. The standard InChI is InChI=1S/C22H19NO4S/c1-17-13-20(26-12-11-18-7-9-19(16-23)10-8-18)15-21(14-17)27-28(24,25)22-5-3-2-4-6-22/h2-10,13-15H,11-12H2,1H3. The fourth-order valence-corrected chi connectivity index (χ4v) is 3.58. The highest BCUT2D eigenvalue weighted by Crippen LogP contribution is 2.26. The third-order valence-electron chi connectivity index (χ3n) is 4.00. The van der Waals surface area contributed by atoms with E-state index in [1.165, 1.54) is 12.1 Å². The van der Waals surface area contributed by atoms with E-state index in [4.69, 9.17) is 14.2 Å². The lowest BCUT2D eigenvalue weighted by atomic mass is 10.1. The van der Waals surface area contributed by atoms with E-state index in [-0.39, 0.29) is 10.6 Å². The Morgan fingerprint density at radius 3 is 2.29 bits per heavy atom. The van der Waals surface area contributed by atoms with Crippen LogP contribution in [0.15, 0.2) is 77.7 Å². The molecule has 0 bridgehead atoms. The summed E-state index contributed by atoms with van der Waals surface area (Å²) in [5, 5.41) is 8.83. The molecule has 0 aliphatic rings. The smallest absolute Gasteiger partial charge is 0.339 e. The van der Waals surface area contributed by atoms with Crippen molar-refractivity contribution in [3.63, 3.8) is 0 Å². The van der Waals surface area contributed by atoms with Crippen molar-refractivity contribution in [3.05, 3.63) is 89.5 Å². The predicted octanol–water partition coefficient (Wildman–Crippen LogP) is 4.26. The SMILES string of the molecule is Cc1cc(OCCc2ccc(C#N)cc2)cc(OS(=O)(=O)c2ccccc2)c1. The first kappa shape index (κ1) is 19.5. The first-order valence-corrected chi connectivity index (χ1v) is 10.1. The molecular weight excluding hydrogens is 374 g/mol. The molecule has 0 heterocycles. The molecule has 3 aromatic rings. The Labute approximate surface area is 164 Å². The Kier molecular flexibility index (Phi) is 5.97. The second-order valence-corrected chi connectivity index (χ2v) is 7.79. The van der Waals surface area contributed by atoms with Gasteiger partial charge in [-0.3, -0.25) is 0 Å². The van der Waals surface area contributed by atoms with E-state index in [9.17, 15) is 8.42 Å². The van der Waals surface area contributed by atoms with Gasteiger partial charge in [0.25, 0.3) is 0 Å². The van der Waals surface area contributed by atoms with Crippen LogP contribution in [-0.2, 0) is 16.5 Å². The molecule has 0 amide bonds. The van der Waals surface area contributed by atoms with Crippen molar-refractivity contribution in [2.75, 3.05) is 6.61 Å². The summed E-state index contributed by atoms with van der Waals surface area (Å²) in [4.78, 5) is 0.0970. The lowest BCUT2D eigenvalue weighted by Crippen LogP contribution is -2.10. The molecule has 3 aromatic carbocycles. The van der Waals surface area contributed by atoms with Crippen molar-refractivity contribution < 1.29 is 17.3 Å². The van der Waals surface area contributed by atoms with Gasteiger partial charge in [-0.1, -0.05) is 30.3 Å². The lowest BCUT2D eigenvalue weighted by Gasteiger charge is -2.11. The van der Waals surface area contributed by atoms with E-state index < -0.39 is 10.1 Å². The average Bonchev–Trinajstić information content (AvgIpc) is 2.68. The Bertz CT molecular complexity index is 1090. The van der Waals surface area contributed by atoms with Gasteiger partial charge in [0.2, 0.25) is 0 Å². The Hall–Kier alpha value is -3.30. The predicted molar refractivity (Wildman–Crippen MR) is 106 cm³/mol. The molecule has 0 fully saturated rings. The molecule has 3 rings (SSSR count). The summed E-state index contributed by atoms with van der Waals surface area (Å²) in [5.41, 5.74) is 2.49. The first-order valence-electron chi connectivity index (χ1n) is 8.69. The maximum atomic E-state index is 12.4. The Balaban J connectivity index is 1.66. The molecule has 0 N–H and O–H groups in total. The van der Waals surface area contributed by atoms with Crippen molar-refractivity contribution in [1.29, 1.82) is 5.26 Å². The normalized spacial score (nSPS) is 10.9. The third kappa shape index (κ3) is 5.12. The van der Waals surface area contributed by atoms with Crippen LogP contribution in [0.25, 0.3) is 0 Å². The van der Waals surface area contributed by atoms with Gasteiger partial charge in [-0.05, 0) is 54.4 Å². The van der Waals surface area contributed by atoms with Gasteiger partial charge in [0.05, 0.1) is 18.2 Å². The summed E-state index contributed by atoms with van der Waals surface area (Å²) in [6.45, 7) is 2.26. The quantitative estimate of drug-likeness (QED) is 0.561. The molecule has 0 aliphatic heterocycles. The van der Waals surface area contributed by atoms with Crippen LogP contribution in [0.4, 0.5) is 0 Å². The highest BCUT2D eigenvalue weighted by atomic mass is 32.2. The van der Waals surface area contributed by atoms with E-state index >= 15 is 0 Å². The molecule has 6 heteroatoms. The highest BCUT2D eigenvalue weighted by Gasteiger charge is 2.16. The number of ether oxygens (including phenoxy) is 1. The van der Waals surface area contributed by atoms with E-state index in [1.807, 2.05) is 25.1 Å². The van der Waals surface area contributed by atoms with Gasteiger partial charge < -0.3 is 8.92 Å². The molecule has 0 aromatic heterocycles. The molecule has 0 spiro atoms. The minimum absolute atomic E-state index is 0.0970. The van der Waals surface area contributed by atoms with Gasteiger partial charge in [-0.25, -0.2) is 0 Å². The maximum absolute atomic E-state index is 12.4. The second-order valence-electron chi connectivity index (χ2n) is 6.24. The van der Waals surface area contributed by atoms with Gasteiger partial charge >= 0.3 is 10.1 Å². The number of benzene rings is 3. The molecular formula is C22H19NO4S. The number of hydrogen-bond donors (Lipinski definition) is 0. The van der Waals surface area contributed by atoms with Crippen molar-refractivity contribution in [2.45, 2.75) is 18.2 Å². The monoisotopic (exact) mass is 393 g/mol. The van der Waals surface area contributed by atoms with E-state index in [0.717, 1.165) is 11.1 Å². The Morgan fingerprint density at radius 1 is 0.929 bits per heavy atom. The summed E-state index contributed by atoms with van der Waals surface area (Å²) in [5.74, 6) is 0.740. The van der Waals surface area contributed by atoms with Crippen molar-refractivity contribution in [1.82, 2.24) is 0 Å². The molecule has 0 atom stereocenters. The zero-order valence-electron chi connectivity index (χ0n) is 15.3. The summed E-state index contributed by atoms with van der Waals surface area (Å²) in [6.07, 6.45) is 0.665. The van der Waals surface area contributed by atoms with Crippen LogP contribution in [0.3, 0.4) is 0 Å². The van der Waals surface area contributed by atoms with Crippen LogP contribution in [0.1, 0.15) is 16.7 Å². The van der Waals surface area contributed by atoms with Crippen molar-refractivity contribution in [2.24, 2.45) is 0 Å². The fourth-order valence-electron chi connectivity index (χ4n) is 2.64. The lowest BCUT2D eigenvalue weighted by molar-refractivity contribution is 0.320. The number of aryl methyl sites for hydroxylation is 1. The van der Waals surface area contributed by atoms with Crippen LogP contribution in [0.2, 0.25) is 0 Å². The number of nitriles is 1. The average molecular weight is 393 g/mol.